The Hall–Kier alpha value is -4.25. The summed E-state index contributed by atoms with van der Waals surface area (Å²) in [5.41, 5.74) is 0.835. The fourth-order valence-electron chi connectivity index (χ4n) is 3.34. The maximum Gasteiger partial charge on any atom is 0.439 e. The zero-order valence-electron chi connectivity index (χ0n) is 20.8. The van der Waals surface area contributed by atoms with Gasteiger partial charge < -0.3 is 24.5 Å². The van der Waals surface area contributed by atoms with Crippen LogP contribution in [0.15, 0.2) is 62.7 Å². The zero-order chi connectivity index (χ0) is 29.8. The monoisotopic (exact) mass is 594 g/mol. The normalized spacial score (nSPS) is 14.8. The fourth-order valence-corrected chi connectivity index (χ4v) is 3.99. The van der Waals surface area contributed by atoms with Gasteiger partial charge in [-0.3, -0.25) is 19.1 Å². The Labute approximate surface area is 222 Å². The van der Waals surface area contributed by atoms with Crippen molar-refractivity contribution in [2.45, 2.75) is 24.0 Å². The first-order chi connectivity index (χ1) is 18.5. The number of likely N-dealkylation sites (N-methyl/N-ethyl adjacent to an activating group) is 1. The van der Waals surface area contributed by atoms with Crippen molar-refractivity contribution in [3.63, 3.8) is 0 Å². The van der Waals surface area contributed by atoms with Gasteiger partial charge in [-0.15, -0.1) is 0 Å². The van der Waals surface area contributed by atoms with Crippen molar-refractivity contribution in [2.24, 2.45) is 0 Å². The summed E-state index contributed by atoms with van der Waals surface area (Å²) in [6, 6.07) is 8.12. The molecule has 1 heterocycles. The zero-order valence-corrected chi connectivity index (χ0v) is 21.6. The molecule has 2 atom stereocenters. The molecule has 17 heteroatoms. The van der Waals surface area contributed by atoms with Gasteiger partial charge in [0.25, 0.3) is 5.91 Å². The van der Waals surface area contributed by atoms with Crippen LogP contribution >= 0.6 is 10.2 Å². The molecule has 0 aliphatic heterocycles. The molecule has 2 aromatic carbocycles. The molecule has 0 spiro atoms. The number of carbonyl (C=O) groups excluding carboxylic acids is 3. The van der Waals surface area contributed by atoms with E-state index in [1.807, 2.05) is 0 Å². The summed E-state index contributed by atoms with van der Waals surface area (Å²) in [6.45, 7) is 0.707. The van der Waals surface area contributed by atoms with Gasteiger partial charge in [-0.05, 0) is 48.5 Å². The van der Waals surface area contributed by atoms with E-state index < -0.39 is 45.0 Å². The van der Waals surface area contributed by atoms with Crippen LogP contribution in [0.1, 0.15) is 6.92 Å². The van der Waals surface area contributed by atoms with Crippen molar-refractivity contribution < 1.29 is 47.8 Å². The molecule has 218 valence electrons. The topological polar surface area (TPSA) is 144 Å². The van der Waals surface area contributed by atoms with E-state index in [4.69, 9.17) is 9.47 Å². The number of nitrogens with zero attached hydrogens (tertiary/aromatic N) is 2. The van der Waals surface area contributed by atoms with Gasteiger partial charge in [-0.2, -0.15) is 0 Å². The standard InChI is InChI=1S/C23H23F5N4O7S/c1-14(34)38-20(22(35)29-16-5-3-15(4-6-16)21-30-23(36)39-31-21)19(13-33)37-12-11-32(2)17-7-9-18(10-8-17)40(24,25,26,27)28/h3-10,13,19-20H,11-12H2,1-2H3,(H,29,35)(H,30,31,36). The Morgan fingerprint density at radius 2 is 1.73 bits per heavy atom. The van der Waals surface area contributed by atoms with Crippen LogP contribution in [0.3, 0.4) is 0 Å². The number of halogens is 5. The lowest BCUT2D eigenvalue weighted by Crippen LogP contribution is -2.44. The number of nitrogens with one attached hydrogen (secondary N) is 2. The number of aromatic nitrogens is 2. The van der Waals surface area contributed by atoms with Crippen molar-refractivity contribution in [1.82, 2.24) is 10.1 Å². The molecule has 2 N–H and O–H groups in total. The predicted octanol–water partition coefficient (Wildman–Crippen LogP) is 4.28. The number of aldehydes is 1. The minimum Gasteiger partial charge on any atom is -0.449 e. The van der Waals surface area contributed by atoms with Gasteiger partial charge in [0, 0.05) is 37.5 Å². The molecular formula is C23H23F5N4O7S. The van der Waals surface area contributed by atoms with Crippen LogP contribution in [0, 0.1) is 0 Å². The highest BCUT2D eigenvalue weighted by molar-refractivity contribution is 8.45. The van der Waals surface area contributed by atoms with E-state index in [1.54, 1.807) is 0 Å². The number of anilines is 2. The molecule has 11 nitrogen and oxygen atoms in total. The fraction of sp³-hybridized carbons (Fsp3) is 0.261. The van der Waals surface area contributed by atoms with E-state index in [0.29, 0.717) is 5.56 Å². The maximum atomic E-state index is 12.9. The van der Waals surface area contributed by atoms with Crippen LogP contribution in [0.4, 0.5) is 30.8 Å². The lowest BCUT2D eigenvalue weighted by atomic mass is 10.1. The van der Waals surface area contributed by atoms with Crippen molar-refractivity contribution >= 4 is 39.8 Å². The summed E-state index contributed by atoms with van der Waals surface area (Å²) in [4.78, 5) is 48.9. The molecule has 0 aliphatic carbocycles. The summed E-state index contributed by atoms with van der Waals surface area (Å²) >= 11 is 0. The van der Waals surface area contributed by atoms with Gasteiger partial charge in [0.2, 0.25) is 6.10 Å². The lowest BCUT2D eigenvalue weighted by molar-refractivity contribution is -0.162. The first-order valence-electron chi connectivity index (χ1n) is 11.2. The molecule has 0 aliphatic rings. The molecule has 0 radical (unpaired) electrons. The number of aromatic amines is 1. The number of ether oxygens (including phenoxy) is 2. The van der Waals surface area contributed by atoms with Crippen LogP contribution < -0.4 is 16.0 Å². The molecule has 1 aromatic heterocycles. The molecule has 0 saturated carbocycles. The third kappa shape index (κ3) is 8.12. The highest BCUT2D eigenvalue weighted by atomic mass is 32.5. The van der Waals surface area contributed by atoms with Gasteiger partial charge >= 0.3 is 21.9 Å². The quantitative estimate of drug-likeness (QED) is 0.178. The molecule has 3 aromatic rings. The van der Waals surface area contributed by atoms with Crippen LogP contribution in [0.2, 0.25) is 0 Å². The van der Waals surface area contributed by atoms with Crippen LogP contribution in [0.25, 0.3) is 11.4 Å². The SMILES string of the molecule is CC(=O)OC(C(=O)Nc1ccc(-c2noc(=O)[nH]2)cc1)C(C=O)OCCN(C)c1ccc(S(F)(F)(F)(F)F)cc1. The van der Waals surface area contributed by atoms with Crippen molar-refractivity contribution in [2.75, 3.05) is 30.4 Å². The Bertz CT molecular complexity index is 1430. The van der Waals surface area contributed by atoms with Crippen LogP contribution in [-0.4, -0.2) is 60.7 Å². The third-order valence-corrected chi connectivity index (χ3v) is 6.47. The third-order valence-electron chi connectivity index (χ3n) is 5.31. The summed E-state index contributed by atoms with van der Waals surface area (Å²) < 4.78 is 79.4. The van der Waals surface area contributed by atoms with E-state index in [-0.39, 0.29) is 48.8 Å². The first kappa shape index (κ1) is 30.3. The Morgan fingerprint density at radius 1 is 1.10 bits per heavy atom. The Kier molecular flexibility index (Phi) is 8.12. The molecule has 3 rings (SSSR count). The summed E-state index contributed by atoms with van der Waals surface area (Å²) in [7, 11) is -8.38. The molecule has 2 unspecified atom stereocenters. The number of hydrogen-bond donors (Lipinski definition) is 2. The van der Waals surface area contributed by atoms with Crippen molar-refractivity contribution in [3.8, 4) is 11.4 Å². The number of benzene rings is 2. The number of rotatable bonds is 12. The number of carbonyl (C=O) groups is 3. The molecule has 0 bridgehead atoms. The van der Waals surface area contributed by atoms with Gasteiger partial charge in [0.15, 0.2) is 18.2 Å². The van der Waals surface area contributed by atoms with Crippen molar-refractivity contribution in [3.05, 3.63) is 59.1 Å². The second-order valence-electron chi connectivity index (χ2n) is 8.40. The van der Waals surface area contributed by atoms with Gasteiger partial charge in [-0.25, -0.2) is 4.79 Å². The minimum atomic E-state index is -9.81. The first-order valence-corrected chi connectivity index (χ1v) is 13.2. The summed E-state index contributed by atoms with van der Waals surface area (Å²) in [5.74, 6) is -2.40. The van der Waals surface area contributed by atoms with E-state index in [9.17, 15) is 38.6 Å². The highest BCUT2D eigenvalue weighted by Gasteiger charge is 2.65. The number of amides is 1. The predicted molar refractivity (Wildman–Crippen MR) is 134 cm³/mol. The molecule has 1 amide bonds. The maximum absolute atomic E-state index is 12.9. The summed E-state index contributed by atoms with van der Waals surface area (Å²) in [5, 5.41) is 5.99. The molecular weight excluding hydrogens is 571 g/mol. The lowest BCUT2D eigenvalue weighted by Gasteiger charge is -2.40. The Balaban J connectivity index is 1.63. The molecule has 0 fully saturated rings. The Morgan fingerprint density at radius 3 is 2.23 bits per heavy atom. The average Bonchev–Trinajstić information content (AvgIpc) is 3.30. The van der Waals surface area contributed by atoms with E-state index >= 15 is 0 Å². The second-order valence-corrected chi connectivity index (χ2v) is 10.8. The average molecular weight is 595 g/mol. The van der Waals surface area contributed by atoms with E-state index in [0.717, 1.165) is 19.1 Å². The number of esters is 1. The minimum absolute atomic E-state index is 0.0416. The van der Waals surface area contributed by atoms with E-state index in [2.05, 4.69) is 20.0 Å². The van der Waals surface area contributed by atoms with Crippen LogP contribution in [0.5, 0.6) is 0 Å². The largest absolute Gasteiger partial charge is 0.449 e. The summed E-state index contributed by atoms with van der Waals surface area (Å²) in [6.07, 6.45) is -3.03. The smallest absolute Gasteiger partial charge is 0.439 e. The van der Waals surface area contributed by atoms with E-state index in [1.165, 1.54) is 36.2 Å². The molecule has 0 saturated heterocycles. The number of H-pyrrole nitrogens is 1. The number of hydrogen-bond acceptors (Lipinski definition) is 9. The van der Waals surface area contributed by atoms with Crippen LogP contribution in [-0.2, 0) is 23.9 Å². The highest BCUT2D eigenvalue weighted by Crippen LogP contribution is 3.02. The van der Waals surface area contributed by atoms with Gasteiger partial charge in [0.1, 0.15) is 4.90 Å². The molecule has 40 heavy (non-hydrogen) atoms. The van der Waals surface area contributed by atoms with Gasteiger partial charge in [0.05, 0.1) is 6.61 Å². The van der Waals surface area contributed by atoms with Crippen molar-refractivity contribution in [1.29, 1.82) is 0 Å². The van der Waals surface area contributed by atoms with Gasteiger partial charge in [-0.1, -0.05) is 24.6 Å². The second kappa shape index (κ2) is 10.7.